The Hall–Kier alpha value is -5.79. The van der Waals surface area contributed by atoms with E-state index in [4.69, 9.17) is 4.42 Å². The lowest BCUT2D eigenvalue weighted by molar-refractivity contribution is 0.666. The van der Waals surface area contributed by atoms with Crippen LogP contribution in [0.5, 0.6) is 0 Å². The lowest BCUT2D eigenvalue weighted by Gasteiger charge is -2.15. The number of benzene rings is 6. The third kappa shape index (κ3) is 2.87. The summed E-state index contributed by atoms with van der Waals surface area (Å²) in [5.41, 5.74) is 8.01. The lowest BCUT2D eigenvalue weighted by Crippen LogP contribution is -2.02. The second kappa shape index (κ2) is 8.11. The van der Waals surface area contributed by atoms with Gasteiger partial charge >= 0.3 is 0 Å². The summed E-state index contributed by atoms with van der Waals surface area (Å²) in [5.74, 6) is 0. The molecular weight excluding hydrogens is 502 g/mol. The van der Waals surface area contributed by atoms with Crippen molar-refractivity contribution in [2.24, 2.45) is 0 Å². The van der Waals surface area contributed by atoms with Gasteiger partial charge in [0.2, 0.25) is 0 Å². The zero-order valence-corrected chi connectivity index (χ0v) is 21.9. The molecule has 6 aromatic carbocycles. The summed E-state index contributed by atoms with van der Waals surface area (Å²) >= 11 is 0. The van der Waals surface area contributed by atoms with E-state index >= 15 is 0 Å². The molecule has 190 valence electrons. The highest BCUT2D eigenvalue weighted by atomic mass is 16.3. The fraction of sp³-hybridized carbons (Fsp3) is 0. The molecule has 0 saturated heterocycles. The fourth-order valence-electron chi connectivity index (χ4n) is 6.70. The first-order valence-electron chi connectivity index (χ1n) is 13.7. The number of hydrogen-bond acceptors (Lipinski definition) is 2. The number of para-hydroxylation sites is 5. The minimum absolute atomic E-state index is 0.555. The molecular formula is C37H21N3O. The number of aromatic nitrogens is 2. The van der Waals surface area contributed by atoms with Gasteiger partial charge < -0.3 is 13.6 Å². The summed E-state index contributed by atoms with van der Waals surface area (Å²) in [7, 11) is 0. The van der Waals surface area contributed by atoms with Crippen LogP contribution in [-0.4, -0.2) is 9.13 Å². The van der Waals surface area contributed by atoms with Crippen LogP contribution in [0.1, 0.15) is 5.56 Å². The summed E-state index contributed by atoms with van der Waals surface area (Å²) in [6, 6.07) is 46.4. The van der Waals surface area contributed by atoms with E-state index in [1.807, 2.05) is 36.4 Å². The molecule has 0 amide bonds. The molecule has 41 heavy (non-hydrogen) atoms. The Labute approximate surface area is 234 Å². The number of furan rings is 1. The predicted octanol–water partition coefficient (Wildman–Crippen LogP) is 9.65. The molecule has 9 aromatic rings. The highest BCUT2D eigenvalue weighted by molar-refractivity contribution is 6.18. The van der Waals surface area contributed by atoms with Crippen molar-refractivity contribution in [2.45, 2.75) is 0 Å². The standard InChI is InChI=1S/C37H21N3O/c38-22-23-21-33(39-29-16-6-1-11-24(29)25-12-2-7-17-30(25)39)35-28-15-5-10-20-34(28)41-37(35)36(23)40-31-18-8-3-13-26(31)27-14-4-9-19-32(27)40/h1-21H. The molecule has 3 aromatic heterocycles. The van der Waals surface area contributed by atoms with Gasteiger partial charge in [0.15, 0.2) is 5.58 Å². The maximum atomic E-state index is 10.7. The largest absolute Gasteiger partial charge is 0.454 e. The van der Waals surface area contributed by atoms with E-state index in [-0.39, 0.29) is 0 Å². The number of nitrogens with zero attached hydrogens (tertiary/aromatic N) is 3. The van der Waals surface area contributed by atoms with E-state index in [2.05, 4.69) is 106 Å². The van der Waals surface area contributed by atoms with Crippen LogP contribution in [0, 0.1) is 11.3 Å². The molecule has 0 fully saturated rings. The summed E-state index contributed by atoms with van der Waals surface area (Å²) in [6.45, 7) is 0. The summed E-state index contributed by atoms with van der Waals surface area (Å²) in [4.78, 5) is 0. The predicted molar refractivity (Wildman–Crippen MR) is 167 cm³/mol. The molecule has 4 heteroatoms. The van der Waals surface area contributed by atoms with Crippen LogP contribution in [0.2, 0.25) is 0 Å². The van der Waals surface area contributed by atoms with Crippen LogP contribution in [0.15, 0.2) is 132 Å². The maximum Gasteiger partial charge on any atom is 0.162 e. The molecule has 0 aliphatic carbocycles. The van der Waals surface area contributed by atoms with Gasteiger partial charge in [-0.05, 0) is 36.4 Å². The van der Waals surface area contributed by atoms with Crippen molar-refractivity contribution in [2.75, 3.05) is 0 Å². The first-order valence-corrected chi connectivity index (χ1v) is 13.7. The molecule has 3 heterocycles. The quantitative estimate of drug-likeness (QED) is 0.226. The number of nitriles is 1. The van der Waals surface area contributed by atoms with Crippen LogP contribution in [0.25, 0.3) is 76.9 Å². The third-order valence-corrected chi connectivity index (χ3v) is 8.35. The average molecular weight is 524 g/mol. The Morgan fingerprint density at radius 1 is 0.512 bits per heavy atom. The molecule has 0 aliphatic rings. The number of rotatable bonds is 2. The van der Waals surface area contributed by atoms with Crippen molar-refractivity contribution in [3.63, 3.8) is 0 Å². The molecule has 0 spiro atoms. The van der Waals surface area contributed by atoms with E-state index in [0.29, 0.717) is 11.1 Å². The van der Waals surface area contributed by atoms with E-state index in [1.165, 1.54) is 10.8 Å². The van der Waals surface area contributed by atoms with Gasteiger partial charge in [0.1, 0.15) is 17.3 Å². The van der Waals surface area contributed by atoms with Crippen molar-refractivity contribution in [3.8, 4) is 17.4 Å². The van der Waals surface area contributed by atoms with Crippen LogP contribution in [0.4, 0.5) is 0 Å². The van der Waals surface area contributed by atoms with Crippen molar-refractivity contribution < 1.29 is 4.42 Å². The minimum Gasteiger partial charge on any atom is -0.454 e. The zero-order valence-electron chi connectivity index (χ0n) is 21.9. The second-order valence-corrected chi connectivity index (χ2v) is 10.4. The first kappa shape index (κ1) is 22.1. The number of fused-ring (bicyclic) bond motifs is 9. The van der Waals surface area contributed by atoms with Gasteiger partial charge in [-0.3, -0.25) is 0 Å². The molecule has 0 unspecified atom stereocenters. The lowest BCUT2D eigenvalue weighted by atomic mass is 10.0. The topological polar surface area (TPSA) is 46.8 Å². The monoisotopic (exact) mass is 523 g/mol. The van der Waals surface area contributed by atoms with Crippen molar-refractivity contribution in [3.05, 3.63) is 133 Å². The Balaban J connectivity index is 1.53. The Kier molecular flexibility index (Phi) is 4.37. The molecule has 0 atom stereocenters. The van der Waals surface area contributed by atoms with Gasteiger partial charge in [-0.2, -0.15) is 5.26 Å². The molecule has 4 nitrogen and oxygen atoms in total. The maximum absolute atomic E-state index is 10.7. The van der Waals surface area contributed by atoms with E-state index < -0.39 is 0 Å². The molecule has 0 aliphatic heterocycles. The van der Waals surface area contributed by atoms with Crippen LogP contribution < -0.4 is 0 Å². The van der Waals surface area contributed by atoms with Crippen molar-refractivity contribution in [1.29, 1.82) is 5.26 Å². The van der Waals surface area contributed by atoms with Crippen molar-refractivity contribution >= 4 is 65.6 Å². The van der Waals surface area contributed by atoms with E-state index in [1.54, 1.807) is 0 Å². The van der Waals surface area contributed by atoms with Crippen LogP contribution in [-0.2, 0) is 0 Å². The van der Waals surface area contributed by atoms with Gasteiger partial charge in [-0.15, -0.1) is 0 Å². The average Bonchev–Trinajstić information content (AvgIpc) is 3.69. The van der Waals surface area contributed by atoms with Gasteiger partial charge in [0.25, 0.3) is 0 Å². The highest BCUT2D eigenvalue weighted by Gasteiger charge is 2.25. The fourth-order valence-corrected chi connectivity index (χ4v) is 6.70. The Morgan fingerprint density at radius 2 is 0.951 bits per heavy atom. The molecule has 0 bridgehead atoms. The zero-order chi connectivity index (χ0) is 27.1. The smallest absolute Gasteiger partial charge is 0.162 e. The first-order chi connectivity index (χ1) is 20.3. The molecule has 9 rings (SSSR count). The second-order valence-electron chi connectivity index (χ2n) is 10.4. The van der Waals surface area contributed by atoms with Gasteiger partial charge in [0.05, 0.1) is 38.7 Å². The third-order valence-electron chi connectivity index (χ3n) is 8.35. The van der Waals surface area contributed by atoms with Crippen molar-refractivity contribution in [1.82, 2.24) is 9.13 Å². The van der Waals surface area contributed by atoms with Gasteiger partial charge in [0, 0.05) is 26.9 Å². The Morgan fingerprint density at radius 3 is 1.46 bits per heavy atom. The molecule has 0 radical (unpaired) electrons. The number of hydrogen-bond donors (Lipinski definition) is 0. The van der Waals surface area contributed by atoms with E-state index in [0.717, 1.165) is 60.6 Å². The van der Waals surface area contributed by atoms with E-state index in [9.17, 15) is 5.26 Å². The molecule has 0 N–H and O–H groups in total. The SMILES string of the molecule is N#Cc1cc(-n2c3ccccc3c3ccccc32)c2c(oc3ccccc32)c1-n1c2ccccc2c2ccccc21. The van der Waals surface area contributed by atoms with Crippen LogP contribution >= 0.6 is 0 Å². The summed E-state index contributed by atoms with van der Waals surface area (Å²) in [6.07, 6.45) is 0. The van der Waals surface area contributed by atoms with Gasteiger partial charge in [-0.1, -0.05) is 91.0 Å². The van der Waals surface area contributed by atoms with Crippen LogP contribution in [0.3, 0.4) is 0 Å². The van der Waals surface area contributed by atoms with Gasteiger partial charge in [-0.25, -0.2) is 0 Å². The highest BCUT2D eigenvalue weighted by Crippen LogP contribution is 2.44. The minimum atomic E-state index is 0.555. The summed E-state index contributed by atoms with van der Waals surface area (Å²) in [5, 5.41) is 17.4. The Bertz CT molecular complexity index is 2450. The summed E-state index contributed by atoms with van der Waals surface area (Å²) < 4.78 is 11.2. The molecule has 0 saturated carbocycles. The normalized spacial score (nSPS) is 11.9.